The standard InChI is InChI=1S/C34H50O3/c1-22(2)10-9-11-23(3)27-14-15-28-26-20-30-34(37-30)21-25(36-31(35)24-12-7-6-8-13-24)16-19-33(34,5)29(26)17-18-32(27,28)4/h6-8,12-13,22-23,25-30H,9-11,14-21H2,1-5H3/t23-,25+,26-,27+,28+,29+,30-,32+,33+,34+/m0/s1. The minimum Gasteiger partial charge on any atom is -0.459 e. The fourth-order valence-corrected chi connectivity index (χ4v) is 10.6. The van der Waals surface area contributed by atoms with Crippen molar-refractivity contribution in [1.29, 1.82) is 0 Å². The first-order valence-electron chi connectivity index (χ1n) is 15.6. The van der Waals surface area contributed by atoms with Crippen molar-refractivity contribution in [2.45, 2.75) is 123 Å². The summed E-state index contributed by atoms with van der Waals surface area (Å²) in [4.78, 5) is 12.8. The van der Waals surface area contributed by atoms with Gasteiger partial charge in [0.25, 0.3) is 0 Å². The smallest absolute Gasteiger partial charge is 0.338 e. The number of benzene rings is 1. The Morgan fingerprint density at radius 1 is 1.00 bits per heavy atom. The van der Waals surface area contributed by atoms with Gasteiger partial charge >= 0.3 is 5.97 Å². The van der Waals surface area contributed by atoms with Crippen LogP contribution in [0.15, 0.2) is 30.3 Å². The average molecular weight is 507 g/mol. The van der Waals surface area contributed by atoms with E-state index in [9.17, 15) is 4.79 Å². The second kappa shape index (κ2) is 9.39. The third kappa shape index (κ3) is 4.12. The quantitative estimate of drug-likeness (QED) is 0.275. The SMILES string of the molecule is CC(C)CCC[C@H](C)[C@H]1CC[C@@H]2[C@@H]3C[C@@H]4O[C@]45C[C@H](OC(=O)c4ccccc4)CC[C@]5(C)[C@@H]3CC[C@@]21C. The van der Waals surface area contributed by atoms with E-state index in [1.807, 2.05) is 30.3 Å². The molecule has 204 valence electrons. The third-order valence-electron chi connectivity index (χ3n) is 12.5. The third-order valence-corrected chi connectivity index (χ3v) is 12.5. The van der Waals surface area contributed by atoms with Crippen LogP contribution in [0.25, 0.3) is 0 Å². The normalized spacial score (nSPS) is 44.8. The first-order chi connectivity index (χ1) is 17.7. The number of epoxide rings is 1. The van der Waals surface area contributed by atoms with Gasteiger partial charge in [-0.15, -0.1) is 0 Å². The van der Waals surface area contributed by atoms with Crippen LogP contribution >= 0.6 is 0 Å². The Labute approximate surface area is 225 Å². The van der Waals surface area contributed by atoms with E-state index in [0.717, 1.165) is 54.8 Å². The highest BCUT2D eigenvalue weighted by Gasteiger charge is 2.76. The first-order valence-corrected chi connectivity index (χ1v) is 15.6. The molecule has 4 aliphatic carbocycles. The Bertz CT molecular complexity index is 988. The molecule has 0 amide bonds. The van der Waals surface area contributed by atoms with Gasteiger partial charge in [-0.2, -0.15) is 0 Å². The summed E-state index contributed by atoms with van der Waals surface area (Å²) >= 11 is 0. The molecule has 3 nitrogen and oxygen atoms in total. The van der Waals surface area contributed by atoms with E-state index in [4.69, 9.17) is 9.47 Å². The van der Waals surface area contributed by atoms with Crippen molar-refractivity contribution in [3.63, 3.8) is 0 Å². The van der Waals surface area contributed by atoms with Gasteiger partial charge in [-0.05, 0) is 98.0 Å². The van der Waals surface area contributed by atoms with Crippen LogP contribution in [-0.4, -0.2) is 23.8 Å². The Morgan fingerprint density at radius 3 is 2.54 bits per heavy atom. The van der Waals surface area contributed by atoms with Crippen LogP contribution < -0.4 is 0 Å². The van der Waals surface area contributed by atoms with E-state index >= 15 is 0 Å². The summed E-state index contributed by atoms with van der Waals surface area (Å²) in [5, 5.41) is 0. The van der Waals surface area contributed by atoms with Crippen LogP contribution in [-0.2, 0) is 9.47 Å². The lowest BCUT2D eigenvalue weighted by Crippen LogP contribution is -2.59. The molecule has 1 spiro atoms. The summed E-state index contributed by atoms with van der Waals surface area (Å²) in [5.74, 6) is 4.87. The molecule has 0 aromatic heterocycles. The van der Waals surface area contributed by atoms with Crippen molar-refractivity contribution >= 4 is 5.97 Å². The van der Waals surface area contributed by atoms with Crippen molar-refractivity contribution in [2.75, 3.05) is 0 Å². The fraction of sp³-hybridized carbons (Fsp3) is 0.794. The van der Waals surface area contributed by atoms with Gasteiger partial charge < -0.3 is 9.47 Å². The van der Waals surface area contributed by atoms with Gasteiger partial charge in [0.05, 0.1) is 11.7 Å². The molecule has 1 heterocycles. The van der Waals surface area contributed by atoms with E-state index < -0.39 is 0 Å². The molecule has 1 saturated heterocycles. The number of carbonyl (C=O) groups excluding carboxylic acids is 1. The van der Waals surface area contributed by atoms with E-state index in [2.05, 4.69) is 34.6 Å². The number of carbonyl (C=O) groups is 1. The summed E-state index contributed by atoms with van der Waals surface area (Å²) in [7, 11) is 0. The Balaban J connectivity index is 1.14. The number of hydrogen-bond acceptors (Lipinski definition) is 3. The van der Waals surface area contributed by atoms with Crippen LogP contribution in [0.1, 0.15) is 116 Å². The maximum Gasteiger partial charge on any atom is 0.338 e. The number of hydrogen-bond donors (Lipinski definition) is 0. The molecule has 1 aromatic rings. The van der Waals surface area contributed by atoms with Crippen LogP contribution in [0.2, 0.25) is 0 Å². The van der Waals surface area contributed by atoms with Crippen molar-refractivity contribution in [1.82, 2.24) is 0 Å². The Hall–Kier alpha value is -1.35. The molecule has 4 saturated carbocycles. The molecule has 5 fully saturated rings. The monoisotopic (exact) mass is 506 g/mol. The second-order valence-electron chi connectivity index (χ2n) is 14.7. The average Bonchev–Trinajstić information content (AvgIpc) is 3.45. The number of fused-ring (bicyclic) bond motifs is 4. The lowest BCUT2D eigenvalue weighted by atomic mass is 9.44. The molecule has 37 heavy (non-hydrogen) atoms. The van der Waals surface area contributed by atoms with Crippen LogP contribution in [0, 0.1) is 46.3 Å². The van der Waals surface area contributed by atoms with Crippen LogP contribution in [0.4, 0.5) is 0 Å². The number of ether oxygens (including phenoxy) is 2. The van der Waals surface area contributed by atoms with Gasteiger partial charge in [0.1, 0.15) is 11.7 Å². The molecular formula is C34H50O3. The first kappa shape index (κ1) is 25.9. The van der Waals surface area contributed by atoms with Crippen LogP contribution in [0.5, 0.6) is 0 Å². The Kier molecular flexibility index (Phi) is 6.57. The highest BCUT2D eigenvalue weighted by molar-refractivity contribution is 5.89. The molecular weight excluding hydrogens is 456 g/mol. The van der Waals surface area contributed by atoms with Gasteiger partial charge in [-0.1, -0.05) is 72.1 Å². The highest BCUT2D eigenvalue weighted by atomic mass is 16.6. The molecule has 0 unspecified atom stereocenters. The van der Waals surface area contributed by atoms with E-state index in [-0.39, 0.29) is 23.1 Å². The van der Waals surface area contributed by atoms with Gasteiger partial charge in [-0.3, -0.25) is 0 Å². The topological polar surface area (TPSA) is 38.8 Å². The van der Waals surface area contributed by atoms with Crippen molar-refractivity contribution in [3.05, 3.63) is 35.9 Å². The van der Waals surface area contributed by atoms with Crippen LogP contribution in [0.3, 0.4) is 0 Å². The summed E-state index contributed by atoms with van der Waals surface area (Å²) in [6, 6.07) is 9.47. The summed E-state index contributed by atoms with van der Waals surface area (Å²) in [6.07, 6.45) is 14.5. The van der Waals surface area contributed by atoms with Gasteiger partial charge in [-0.25, -0.2) is 4.79 Å². The summed E-state index contributed by atoms with van der Waals surface area (Å²) in [5.41, 5.74) is 1.36. The largest absolute Gasteiger partial charge is 0.459 e. The highest BCUT2D eigenvalue weighted by Crippen LogP contribution is 2.74. The number of rotatable bonds is 7. The zero-order valence-corrected chi connectivity index (χ0v) is 24.0. The lowest BCUT2D eigenvalue weighted by molar-refractivity contribution is -0.118. The van der Waals surface area contributed by atoms with Gasteiger partial charge in [0.2, 0.25) is 0 Å². The Morgan fingerprint density at radius 2 is 1.78 bits per heavy atom. The maximum absolute atomic E-state index is 12.8. The minimum absolute atomic E-state index is 0.0151. The second-order valence-corrected chi connectivity index (χ2v) is 14.7. The molecule has 1 aliphatic heterocycles. The summed E-state index contributed by atoms with van der Waals surface area (Å²) in [6.45, 7) is 12.5. The molecule has 1 aromatic carbocycles. The lowest BCUT2D eigenvalue weighted by Gasteiger charge is -2.59. The van der Waals surface area contributed by atoms with Crippen molar-refractivity contribution in [2.24, 2.45) is 46.3 Å². The van der Waals surface area contributed by atoms with Crippen molar-refractivity contribution in [3.8, 4) is 0 Å². The fourth-order valence-electron chi connectivity index (χ4n) is 10.6. The molecule has 0 N–H and O–H groups in total. The number of esters is 1. The molecule has 3 heteroatoms. The minimum atomic E-state index is -0.176. The van der Waals surface area contributed by atoms with E-state index in [1.165, 1.54) is 51.4 Å². The molecule has 10 atom stereocenters. The van der Waals surface area contributed by atoms with Crippen molar-refractivity contribution < 1.29 is 14.3 Å². The zero-order chi connectivity index (χ0) is 26.0. The predicted molar refractivity (Wildman–Crippen MR) is 148 cm³/mol. The summed E-state index contributed by atoms with van der Waals surface area (Å²) < 4.78 is 12.8. The molecule has 0 bridgehead atoms. The molecule has 0 radical (unpaired) electrons. The maximum atomic E-state index is 12.8. The predicted octanol–water partition coefficient (Wildman–Crippen LogP) is 8.46. The van der Waals surface area contributed by atoms with E-state index in [0.29, 0.717) is 17.1 Å². The van der Waals surface area contributed by atoms with Gasteiger partial charge in [0.15, 0.2) is 0 Å². The zero-order valence-electron chi connectivity index (χ0n) is 24.0. The molecule has 6 rings (SSSR count). The van der Waals surface area contributed by atoms with E-state index in [1.54, 1.807) is 0 Å². The molecule has 5 aliphatic rings. The van der Waals surface area contributed by atoms with Gasteiger partial charge in [0, 0.05) is 11.8 Å².